The Morgan fingerprint density at radius 2 is 2.09 bits per heavy atom. The summed E-state index contributed by atoms with van der Waals surface area (Å²) in [5, 5.41) is 7.60. The lowest BCUT2D eigenvalue weighted by atomic mass is 10.00. The van der Waals surface area contributed by atoms with Crippen molar-refractivity contribution in [2.24, 2.45) is 0 Å². The van der Waals surface area contributed by atoms with Crippen molar-refractivity contribution < 1.29 is 9.21 Å². The molecule has 3 aromatic rings. The van der Waals surface area contributed by atoms with Gasteiger partial charge in [-0.25, -0.2) is 0 Å². The van der Waals surface area contributed by atoms with Gasteiger partial charge in [0.2, 0.25) is 0 Å². The molecule has 0 bridgehead atoms. The molecule has 0 fully saturated rings. The Hall–Kier alpha value is -2.82. The van der Waals surface area contributed by atoms with Gasteiger partial charge in [0.15, 0.2) is 0 Å². The fraction of sp³-hybridized carbons (Fsp3) is 0.222. The Morgan fingerprint density at radius 1 is 1.26 bits per heavy atom. The molecule has 3 heterocycles. The number of aryl methyl sites for hydroxylation is 1. The van der Waals surface area contributed by atoms with E-state index in [4.69, 9.17) is 4.42 Å². The van der Waals surface area contributed by atoms with Crippen molar-refractivity contribution in [2.75, 3.05) is 6.54 Å². The van der Waals surface area contributed by atoms with Crippen molar-refractivity contribution in [3.8, 4) is 11.3 Å². The highest BCUT2D eigenvalue weighted by Gasteiger charge is 2.26. The molecule has 0 aliphatic carbocycles. The number of H-pyrrole nitrogens is 1. The molecule has 0 spiro atoms. The summed E-state index contributed by atoms with van der Waals surface area (Å²) in [4.78, 5) is 14.4. The summed E-state index contributed by atoms with van der Waals surface area (Å²) in [7, 11) is 0. The first-order chi connectivity index (χ1) is 11.2. The van der Waals surface area contributed by atoms with E-state index in [1.54, 1.807) is 6.07 Å². The summed E-state index contributed by atoms with van der Waals surface area (Å²) >= 11 is 0. The van der Waals surface area contributed by atoms with Crippen molar-refractivity contribution in [1.82, 2.24) is 15.1 Å². The zero-order chi connectivity index (χ0) is 15.8. The Balaban J connectivity index is 1.65. The third-order valence-corrected chi connectivity index (χ3v) is 4.31. The van der Waals surface area contributed by atoms with Gasteiger partial charge in [0, 0.05) is 36.3 Å². The predicted molar refractivity (Wildman–Crippen MR) is 85.9 cm³/mol. The van der Waals surface area contributed by atoms with Crippen molar-refractivity contribution in [3.63, 3.8) is 0 Å². The second kappa shape index (κ2) is 5.43. The van der Waals surface area contributed by atoms with E-state index in [0.717, 1.165) is 28.9 Å². The van der Waals surface area contributed by atoms with Crippen LogP contribution in [0.4, 0.5) is 0 Å². The van der Waals surface area contributed by atoms with Crippen molar-refractivity contribution in [3.05, 3.63) is 65.2 Å². The molecule has 1 amide bonds. The number of hydrogen-bond donors (Lipinski definition) is 1. The molecule has 1 aromatic carbocycles. The Kier molecular flexibility index (Phi) is 3.26. The maximum Gasteiger partial charge on any atom is 0.257 e. The topological polar surface area (TPSA) is 62.1 Å². The predicted octanol–water partition coefficient (Wildman–Crippen LogP) is 3.18. The van der Waals surface area contributed by atoms with E-state index in [0.29, 0.717) is 18.7 Å². The lowest BCUT2D eigenvalue weighted by Gasteiger charge is -2.26. The van der Waals surface area contributed by atoms with E-state index in [2.05, 4.69) is 41.4 Å². The molecule has 116 valence electrons. The van der Waals surface area contributed by atoms with Gasteiger partial charge in [-0.05, 0) is 13.0 Å². The number of amides is 1. The van der Waals surface area contributed by atoms with Crippen LogP contribution in [0.15, 0.2) is 47.3 Å². The van der Waals surface area contributed by atoms with Crippen LogP contribution in [0, 0.1) is 6.92 Å². The molecule has 5 heteroatoms. The Morgan fingerprint density at radius 3 is 2.83 bits per heavy atom. The quantitative estimate of drug-likeness (QED) is 0.791. The molecule has 1 aliphatic heterocycles. The molecule has 2 aromatic heterocycles. The zero-order valence-corrected chi connectivity index (χ0v) is 12.9. The number of benzene rings is 1. The van der Waals surface area contributed by atoms with Crippen LogP contribution in [-0.4, -0.2) is 27.5 Å². The van der Waals surface area contributed by atoms with E-state index in [1.165, 1.54) is 18.1 Å². The van der Waals surface area contributed by atoms with Gasteiger partial charge >= 0.3 is 0 Å². The number of aromatic amines is 1. The van der Waals surface area contributed by atoms with Crippen molar-refractivity contribution >= 4 is 5.91 Å². The number of carbonyl (C=O) groups excluding carboxylic acids is 1. The van der Waals surface area contributed by atoms with Gasteiger partial charge < -0.3 is 9.32 Å². The monoisotopic (exact) mass is 307 g/mol. The SMILES string of the molecule is Cc1ccc(-c2n[nH]c3c2CN(C(=O)c2ccoc2)CC3)cc1. The van der Waals surface area contributed by atoms with Crippen LogP contribution in [0.2, 0.25) is 0 Å². The minimum absolute atomic E-state index is 0.000422. The summed E-state index contributed by atoms with van der Waals surface area (Å²) in [6, 6.07) is 10.0. The molecule has 23 heavy (non-hydrogen) atoms. The van der Waals surface area contributed by atoms with Gasteiger partial charge in [-0.2, -0.15) is 5.10 Å². The average Bonchev–Trinajstić information content (AvgIpc) is 3.24. The molecule has 0 unspecified atom stereocenters. The molecular formula is C18H17N3O2. The highest BCUT2D eigenvalue weighted by molar-refractivity contribution is 5.94. The molecular weight excluding hydrogens is 290 g/mol. The second-order valence-electron chi connectivity index (χ2n) is 5.88. The third kappa shape index (κ3) is 2.44. The molecule has 1 N–H and O–H groups in total. The molecule has 5 nitrogen and oxygen atoms in total. The first-order valence-electron chi connectivity index (χ1n) is 7.67. The van der Waals surface area contributed by atoms with E-state index in [1.807, 2.05) is 4.90 Å². The van der Waals surface area contributed by atoms with Crippen molar-refractivity contribution in [2.45, 2.75) is 19.9 Å². The third-order valence-electron chi connectivity index (χ3n) is 4.31. The van der Waals surface area contributed by atoms with Gasteiger partial charge in [0.25, 0.3) is 5.91 Å². The maximum absolute atomic E-state index is 12.5. The highest BCUT2D eigenvalue weighted by Crippen LogP contribution is 2.29. The minimum atomic E-state index is 0.000422. The van der Waals surface area contributed by atoms with Crippen LogP contribution >= 0.6 is 0 Å². The van der Waals surface area contributed by atoms with Gasteiger partial charge in [0.1, 0.15) is 6.26 Å². The first kappa shape index (κ1) is 13.8. The Labute approximate surface area is 133 Å². The van der Waals surface area contributed by atoms with Crippen LogP contribution in [0.25, 0.3) is 11.3 Å². The van der Waals surface area contributed by atoms with E-state index in [-0.39, 0.29) is 5.91 Å². The van der Waals surface area contributed by atoms with Gasteiger partial charge in [-0.1, -0.05) is 29.8 Å². The summed E-state index contributed by atoms with van der Waals surface area (Å²) in [6.07, 6.45) is 3.81. The normalized spacial score (nSPS) is 13.9. The average molecular weight is 307 g/mol. The van der Waals surface area contributed by atoms with Crippen LogP contribution in [0.3, 0.4) is 0 Å². The lowest BCUT2D eigenvalue weighted by molar-refractivity contribution is 0.0734. The summed E-state index contributed by atoms with van der Waals surface area (Å²) in [5.41, 5.74) is 6.05. The fourth-order valence-electron chi connectivity index (χ4n) is 2.99. The van der Waals surface area contributed by atoms with Crippen LogP contribution in [-0.2, 0) is 13.0 Å². The number of hydrogen-bond acceptors (Lipinski definition) is 3. The van der Waals surface area contributed by atoms with Crippen molar-refractivity contribution in [1.29, 1.82) is 0 Å². The molecule has 0 saturated carbocycles. The zero-order valence-electron chi connectivity index (χ0n) is 12.9. The number of furan rings is 1. The second-order valence-corrected chi connectivity index (χ2v) is 5.88. The minimum Gasteiger partial charge on any atom is -0.472 e. The lowest BCUT2D eigenvalue weighted by Crippen LogP contribution is -2.35. The maximum atomic E-state index is 12.5. The molecule has 4 rings (SSSR count). The standard InChI is InChI=1S/C18H17N3O2/c1-12-2-4-13(5-3-12)17-15-10-21(8-6-16(15)19-20-17)18(22)14-7-9-23-11-14/h2-5,7,9,11H,6,8,10H2,1H3,(H,19,20). The van der Waals surface area contributed by atoms with E-state index < -0.39 is 0 Å². The summed E-state index contributed by atoms with van der Waals surface area (Å²) < 4.78 is 5.02. The number of aromatic nitrogens is 2. The molecule has 0 radical (unpaired) electrons. The van der Waals surface area contributed by atoms with E-state index >= 15 is 0 Å². The summed E-state index contributed by atoms with van der Waals surface area (Å²) in [6.45, 7) is 3.32. The molecule has 1 aliphatic rings. The molecule has 0 atom stereocenters. The largest absolute Gasteiger partial charge is 0.472 e. The number of rotatable bonds is 2. The van der Waals surface area contributed by atoms with Crippen LogP contribution in [0.5, 0.6) is 0 Å². The smallest absolute Gasteiger partial charge is 0.257 e. The summed E-state index contributed by atoms with van der Waals surface area (Å²) in [5.74, 6) is 0.000422. The number of nitrogens with zero attached hydrogens (tertiary/aromatic N) is 2. The van der Waals surface area contributed by atoms with Crippen LogP contribution < -0.4 is 0 Å². The Bertz CT molecular complexity index is 832. The van der Waals surface area contributed by atoms with Gasteiger partial charge in [-0.15, -0.1) is 0 Å². The molecule has 0 saturated heterocycles. The highest BCUT2D eigenvalue weighted by atomic mass is 16.3. The van der Waals surface area contributed by atoms with Gasteiger partial charge in [0.05, 0.1) is 17.5 Å². The number of nitrogens with one attached hydrogen (secondary N) is 1. The number of carbonyl (C=O) groups is 1. The van der Waals surface area contributed by atoms with Gasteiger partial charge in [-0.3, -0.25) is 9.89 Å². The number of fused-ring (bicyclic) bond motifs is 1. The van der Waals surface area contributed by atoms with E-state index in [9.17, 15) is 4.79 Å². The van der Waals surface area contributed by atoms with Crippen LogP contribution in [0.1, 0.15) is 27.2 Å². The fourth-order valence-corrected chi connectivity index (χ4v) is 2.99. The first-order valence-corrected chi connectivity index (χ1v) is 7.67.